The van der Waals surface area contributed by atoms with Crippen LogP contribution in [0.4, 0.5) is 14.5 Å². The molecule has 1 aliphatic carbocycles. The van der Waals surface area contributed by atoms with Gasteiger partial charge in [-0.15, -0.1) is 0 Å². The van der Waals surface area contributed by atoms with Crippen molar-refractivity contribution in [3.05, 3.63) is 77.4 Å². The van der Waals surface area contributed by atoms with Crippen LogP contribution in [0.3, 0.4) is 0 Å². The Labute approximate surface area is 122 Å². The van der Waals surface area contributed by atoms with Gasteiger partial charge in [0.2, 0.25) is 0 Å². The fourth-order valence-corrected chi connectivity index (χ4v) is 3.60. The predicted octanol–water partition coefficient (Wildman–Crippen LogP) is 4.79. The summed E-state index contributed by atoms with van der Waals surface area (Å²) in [6.07, 6.45) is 5.12. The van der Waals surface area contributed by atoms with Crippen molar-refractivity contribution >= 4 is 5.69 Å². The summed E-state index contributed by atoms with van der Waals surface area (Å²) in [7, 11) is 0. The van der Waals surface area contributed by atoms with Crippen LogP contribution in [0, 0.1) is 17.6 Å². The Balaban J connectivity index is 1.82. The van der Waals surface area contributed by atoms with Crippen molar-refractivity contribution in [2.24, 2.45) is 5.92 Å². The van der Waals surface area contributed by atoms with E-state index in [1.807, 2.05) is 12.1 Å². The van der Waals surface area contributed by atoms with Gasteiger partial charge in [-0.2, -0.15) is 0 Å². The van der Waals surface area contributed by atoms with Crippen LogP contribution in [0.15, 0.2) is 54.6 Å². The Hall–Kier alpha value is -2.16. The maximum atomic E-state index is 14.2. The largest absolute Gasteiger partial charge is 0.378 e. The molecule has 1 nitrogen and oxygen atoms in total. The fourth-order valence-electron chi connectivity index (χ4n) is 3.60. The van der Waals surface area contributed by atoms with E-state index in [9.17, 15) is 8.78 Å². The van der Waals surface area contributed by atoms with Gasteiger partial charge in [0.15, 0.2) is 0 Å². The molecule has 0 spiro atoms. The third-order valence-corrected chi connectivity index (χ3v) is 4.57. The Morgan fingerprint density at radius 1 is 1.00 bits per heavy atom. The molecule has 21 heavy (non-hydrogen) atoms. The average molecular weight is 283 g/mol. The number of halogens is 2. The van der Waals surface area contributed by atoms with E-state index in [2.05, 4.69) is 17.5 Å². The molecule has 2 aromatic carbocycles. The van der Waals surface area contributed by atoms with E-state index in [4.69, 9.17) is 0 Å². The van der Waals surface area contributed by atoms with Gasteiger partial charge in [0.25, 0.3) is 0 Å². The summed E-state index contributed by atoms with van der Waals surface area (Å²) in [5.41, 5.74) is 2.56. The van der Waals surface area contributed by atoms with Crippen molar-refractivity contribution in [3.63, 3.8) is 0 Å². The highest BCUT2D eigenvalue weighted by atomic mass is 19.1. The monoisotopic (exact) mass is 283 g/mol. The molecule has 3 atom stereocenters. The molecule has 106 valence electrons. The minimum atomic E-state index is -0.223. The lowest BCUT2D eigenvalue weighted by Gasteiger charge is -2.37. The molecule has 1 aliphatic heterocycles. The maximum Gasteiger partial charge on any atom is 0.128 e. The van der Waals surface area contributed by atoms with Gasteiger partial charge in [0.05, 0.1) is 6.04 Å². The van der Waals surface area contributed by atoms with Gasteiger partial charge in [0, 0.05) is 17.2 Å². The van der Waals surface area contributed by atoms with Gasteiger partial charge in [-0.05, 0) is 42.2 Å². The molecule has 1 N–H and O–H groups in total. The Morgan fingerprint density at radius 2 is 1.86 bits per heavy atom. The topological polar surface area (TPSA) is 12.0 Å². The molecule has 0 fully saturated rings. The number of rotatable bonds is 1. The van der Waals surface area contributed by atoms with Crippen LogP contribution in [0.2, 0.25) is 0 Å². The molecule has 0 bridgehead atoms. The van der Waals surface area contributed by atoms with Crippen LogP contribution in [-0.4, -0.2) is 0 Å². The summed E-state index contributed by atoms with van der Waals surface area (Å²) in [5, 5.41) is 3.41. The van der Waals surface area contributed by atoms with Crippen molar-refractivity contribution in [1.29, 1.82) is 0 Å². The van der Waals surface area contributed by atoms with Crippen LogP contribution in [0.1, 0.15) is 29.5 Å². The van der Waals surface area contributed by atoms with Crippen LogP contribution in [-0.2, 0) is 0 Å². The molecule has 2 aromatic rings. The number of anilines is 1. The third-order valence-electron chi connectivity index (χ3n) is 4.57. The van der Waals surface area contributed by atoms with E-state index in [1.165, 1.54) is 12.1 Å². The first kappa shape index (κ1) is 12.6. The van der Waals surface area contributed by atoms with Crippen LogP contribution >= 0.6 is 0 Å². The molecule has 2 aliphatic rings. The summed E-state index contributed by atoms with van der Waals surface area (Å²) < 4.78 is 27.7. The lowest BCUT2D eigenvalue weighted by Crippen LogP contribution is -2.29. The van der Waals surface area contributed by atoms with Gasteiger partial charge in [-0.25, -0.2) is 8.78 Å². The van der Waals surface area contributed by atoms with E-state index in [0.717, 1.165) is 17.7 Å². The maximum absolute atomic E-state index is 14.2. The Morgan fingerprint density at radius 3 is 2.71 bits per heavy atom. The molecular formula is C18H15F2N. The number of benzene rings is 2. The van der Waals surface area contributed by atoms with Crippen molar-refractivity contribution in [2.45, 2.75) is 18.4 Å². The summed E-state index contributed by atoms with van der Waals surface area (Å²) >= 11 is 0. The third kappa shape index (κ3) is 1.96. The normalized spacial score (nSPS) is 26.1. The first-order valence-electron chi connectivity index (χ1n) is 7.21. The van der Waals surface area contributed by atoms with Gasteiger partial charge in [0.1, 0.15) is 11.6 Å². The molecule has 0 aromatic heterocycles. The first-order valence-corrected chi connectivity index (χ1v) is 7.21. The van der Waals surface area contributed by atoms with E-state index < -0.39 is 0 Å². The highest BCUT2D eigenvalue weighted by Crippen LogP contribution is 2.50. The minimum absolute atomic E-state index is 0.0795. The molecule has 3 heteroatoms. The Kier molecular flexibility index (Phi) is 2.81. The zero-order valence-corrected chi connectivity index (χ0v) is 11.4. The number of fused-ring (bicyclic) bond motifs is 3. The molecule has 0 unspecified atom stereocenters. The van der Waals surface area contributed by atoms with E-state index in [0.29, 0.717) is 5.56 Å². The standard InChI is InChI=1S/C18H15F2N/c19-11-8-9-17-15(10-11)12-5-3-6-13(12)18(21-17)14-4-1-2-7-16(14)20/h1-5,7-10,12-13,18,21H,6H2/t12-,13+,18+/m1/s1. The molecule has 1 heterocycles. The summed E-state index contributed by atoms with van der Waals surface area (Å²) in [6.45, 7) is 0. The highest BCUT2D eigenvalue weighted by Gasteiger charge is 2.38. The molecule has 0 radical (unpaired) electrons. The van der Waals surface area contributed by atoms with E-state index >= 15 is 0 Å². The smallest absolute Gasteiger partial charge is 0.128 e. The van der Waals surface area contributed by atoms with Gasteiger partial charge < -0.3 is 5.32 Å². The minimum Gasteiger partial charge on any atom is -0.378 e. The lowest BCUT2D eigenvalue weighted by atomic mass is 9.77. The van der Waals surface area contributed by atoms with Gasteiger partial charge >= 0.3 is 0 Å². The van der Waals surface area contributed by atoms with Crippen molar-refractivity contribution in [2.75, 3.05) is 5.32 Å². The zero-order chi connectivity index (χ0) is 14.4. The SMILES string of the molecule is Fc1ccc2c(c1)[C@@H]1C=CC[C@@H]1[C@@H](c1ccccc1F)N2. The van der Waals surface area contributed by atoms with E-state index in [1.54, 1.807) is 18.2 Å². The fraction of sp³-hybridized carbons (Fsp3) is 0.222. The Bertz CT molecular complexity index is 723. The molecule has 4 rings (SSSR count). The first-order chi connectivity index (χ1) is 10.2. The summed E-state index contributed by atoms with van der Waals surface area (Å²) in [6, 6.07) is 11.6. The van der Waals surface area contributed by atoms with Crippen LogP contribution < -0.4 is 5.32 Å². The second-order valence-electron chi connectivity index (χ2n) is 5.73. The average Bonchev–Trinajstić information content (AvgIpc) is 2.97. The summed E-state index contributed by atoms with van der Waals surface area (Å²) in [5.74, 6) is -0.0251. The van der Waals surface area contributed by atoms with Crippen molar-refractivity contribution in [3.8, 4) is 0 Å². The van der Waals surface area contributed by atoms with Gasteiger partial charge in [-0.3, -0.25) is 0 Å². The second-order valence-corrected chi connectivity index (χ2v) is 5.73. The van der Waals surface area contributed by atoms with E-state index in [-0.39, 0.29) is 29.5 Å². The second kappa shape index (κ2) is 4.69. The number of allylic oxidation sites excluding steroid dienone is 2. The van der Waals surface area contributed by atoms with Crippen molar-refractivity contribution < 1.29 is 8.78 Å². The number of hydrogen-bond donors (Lipinski definition) is 1. The number of hydrogen-bond acceptors (Lipinski definition) is 1. The molecular weight excluding hydrogens is 268 g/mol. The van der Waals surface area contributed by atoms with Crippen LogP contribution in [0.5, 0.6) is 0 Å². The zero-order valence-electron chi connectivity index (χ0n) is 11.4. The lowest BCUT2D eigenvalue weighted by molar-refractivity contribution is 0.412. The molecule has 0 saturated heterocycles. The quantitative estimate of drug-likeness (QED) is 0.742. The highest BCUT2D eigenvalue weighted by molar-refractivity contribution is 5.59. The molecule has 0 amide bonds. The predicted molar refractivity (Wildman–Crippen MR) is 79.2 cm³/mol. The number of nitrogens with one attached hydrogen (secondary N) is 1. The summed E-state index contributed by atoms with van der Waals surface area (Å²) in [4.78, 5) is 0. The van der Waals surface area contributed by atoms with Crippen LogP contribution in [0.25, 0.3) is 0 Å². The van der Waals surface area contributed by atoms with Gasteiger partial charge in [-0.1, -0.05) is 30.4 Å². The molecule has 0 saturated carbocycles. The van der Waals surface area contributed by atoms with Crippen molar-refractivity contribution in [1.82, 2.24) is 0 Å².